The van der Waals surface area contributed by atoms with E-state index in [0.29, 0.717) is 0 Å². The fourth-order valence-corrected chi connectivity index (χ4v) is 4.36. The van der Waals surface area contributed by atoms with Crippen molar-refractivity contribution in [3.05, 3.63) is 18.0 Å². The maximum Gasteiger partial charge on any atom is 0.191 e. The molecule has 0 spiro atoms. The summed E-state index contributed by atoms with van der Waals surface area (Å²) in [5.41, 5.74) is 1.47. The van der Waals surface area contributed by atoms with Gasteiger partial charge in [-0.05, 0) is 31.7 Å². The fourth-order valence-electron chi connectivity index (χ4n) is 4.36. The first-order valence-electron chi connectivity index (χ1n) is 10.5. The molecule has 1 aromatic rings. The van der Waals surface area contributed by atoms with E-state index >= 15 is 0 Å². The van der Waals surface area contributed by atoms with Gasteiger partial charge in [0, 0.05) is 51.5 Å². The molecule has 7 heteroatoms. The van der Waals surface area contributed by atoms with Gasteiger partial charge in [-0.3, -0.25) is 14.6 Å². The number of aliphatic imine (C=N–C) groups is 1. The number of rotatable bonds is 7. The summed E-state index contributed by atoms with van der Waals surface area (Å²) in [6, 6.07) is 0. The molecule has 1 aromatic heterocycles. The molecule has 27 heavy (non-hydrogen) atoms. The average molecular weight is 377 g/mol. The second-order valence-electron chi connectivity index (χ2n) is 7.87. The van der Waals surface area contributed by atoms with Gasteiger partial charge in [0.2, 0.25) is 0 Å². The van der Waals surface area contributed by atoms with Crippen LogP contribution < -0.4 is 10.6 Å². The molecule has 3 rings (SSSR count). The third-order valence-electron chi connectivity index (χ3n) is 5.89. The molecule has 0 bridgehead atoms. The van der Waals surface area contributed by atoms with Crippen LogP contribution in [0.2, 0.25) is 0 Å². The lowest BCUT2D eigenvalue weighted by Crippen LogP contribution is -2.60. The molecule has 2 heterocycles. The molecule has 0 aromatic carbocycles. The molecule has 0 unspecified atom stereocenters. The first kappa shape index (κ1) is 20.1. The van der Waals surface area contributed by atoms with E-state index in [1.54, 1.807) is 0 Å². The standard InChI is InChI=1S/C20H36N6O/c1-18-15-24-26(16-18)10-6-9-22-19(21-2)23-17-20(7-4-3-5-8-20)25-11-13-27-14-12-25/h15-16H,3-14,17H2,1-2H3,(H2,21,22,23). The van der Waals surface area contributed by atoms with Gasteiger partial charge in [0.1, 0.15) is 0 Å². The van der Waals surface area contributed by atoms with E-state index in [4.69, 9.17) is 4.74 Å². The van der Waals surface area contributed by atoms with Crippen LogP contribution in [0, 0.1) is 6.92 Å². The molecule has 2 aliphatic rings. The Bertz CT molecular complexity index is 587. The fraction of sp³-hybridized carbons (Fsp3) is 0.800. The molecular formula is C20H36N6O. The zero-order chi connectivity index (χ0) is 19.0. The van der Waals surface area contributed by atoms with Crippen molar-refractivity contribution >= 4 is 5.96 Å². The van der Waals surface area contributed by atoms with Gasteiger partial charge < -0.3 is 15.4 Å². The van der Waals surface area contributed by atoms with E-state index in [0.717, 1.165) is 58.3 Å². The third-order valence-corrected chi connectivity index (χ3v) is 5.89. The number of nitrogens with zero attached hydrogens (tertiary/aromatic N) is 4. The van der Waals surface area contributed by atoms with Gasteiger partial charge in [-0.1, -0.05) is 19.3 Å². The summed E-state index contributed by atoms with van der Waals surface area (Å²) < 4.78 is 7.58. The molecule has 152 valence electrons. The summed E-state index contributed by atoms with van der Waals surface area (Å²) in [6.45, 7) is 8.68. The van der Waals surface area contributed by atoms with E-state index in [1.807, 2.05) is 17.9 Å². The van der Waals surface area contributed by atoms with E-state index < -0.39 is 0 Å². The van der Waals surface area contributed by atoms with Crippen molar-refractivity contribution in [2.45, 2.75) is 57.5 Å². The Hall–Kier alpha value is -1.60. The monoisotopic (exact) mass is 376 g/mol. The maximum atomic E-state index is 5.58. The average Bonchev–Trinajstić information content (AvgIpc) is 3.14. The summed E-state index contributed by atoms with van der Waals surface area (Å²) in [7, 11) is 1.86. The van der Waals surface area contributed by atoms with Crippen LogP contribution >= 0.6 is 0 Å². The van der Waals surface area contributed by atoms with Gasteiger partial charge in [-0.2, -0.15) is 5.10 Å². The van der Waals surface area contributed by atoms with Gasteiger partial charge in [0.15, 0.2) is 5.96 Å². The largest absolute Gasteiger partial charge is 0.379 e. The number of ether oxygens (including phenoxy) is 1. The molecule has 1 saturated heterocycles. The van der Waals surface area contributed by atoms with Crippen molar-refractivity contribution in [2.24, 2.45) is 4.99 Å². The van der Waals surface area contributed by atoms with Gasteiger partial charge in [0.25, 0.3) is 0 Å². The second kappa shape index (κ2) is 10.1. The van der Waals surface area contributed by atoms with Crippen molar-refractivity contribution in [1.29, 1.82) is 0 Å². The molecule has 1 saturated carbocycles. The van der Waals surface area contributed by atoms with Crippen molar-refractivity contribution in [1.82, 2.24) is 25.3 Å². The smallest absolute Gasteiger partial charge is 0.191 e. The predicted molar refractivity (Wildman–Crippen MR) is 109 cm³/mol. The van der Waals surface area contributed by atoms with Crippen LogP contribution in [-0.4, -0.2) is 72.6 Å². The predicted octanol–water partition coefficient (Wildman–Crippen LogP) is 1.78. The topological polar surface area (TPSA) is 66.7 Å². The number of guanidine groups is 1. The zero-order valence-corrected chi connectivity index (χ0v) is 17.0. The van der Waals surface area contributed by atoms with Crippen molar-refractivity contribution in [3.63, 3.8) is 0 Å². The minimum atomic E-state index is 0.256. The first-order valence-corrected chi connectivity index (χ1v) is 10.5. The van der Waals surface area contributed by atoms with Crippen molar-refractivity contribution < 1.29 is 4.74 Å². The summed E-state index contributed by atoms with van der Waals surface area (Å²) >= 11 is 0. The quantitative estimate of drug-likeness (QED) is 0.431. The molecule has 1 aliphatic carbocycles. The Balaban J connectivity index is 1.46. The van der Waals surface area contributed by atoms with Crippen molar-refractivity contribution in [3.8, 4) is 0 Å². The van der Waals surface area contributed by atoms with Crippen molar-refractivity contribution in [2.75, 3.05) is 46.4 Å². The third kappa shape index (κ3) is 5.69. The highest BCUT2D eigenvalue weighted by Crippen LogP contribution is 2.33. The minimum absolute atomic E-state index is 0.256. The highest BCUT2D eigenvalue weighted by atomic mass is 16.5. The Labute approximate surface area is 163 Å². The number of hydrogen-bond acceptors (Lipinski definition) is 4. The Morgan fingerprint density at radius 3 is 2.67 bits per heavy atom. The van der Waals surface area contributed by atoms with Gasteiger partial charge >= 0.3 is 0 Å². The second-order valence-corrected chi connectivity index (χ2v) is 7.87. The minimum Gasteiger partial charge on any atom is -0.379 e. The Kier molecular flexibility index (Phi) is 7.52. The molecule has 0 amide bonds. The van der Waals surface area contributed by atoms with Gasteiger partial charge in [-0.25, -0.2) is 0 Å². The number of aromatic nitrogens is 2. The summed E-state index contributed by atoms with van der Waals surface area (Å²) in [4.78, 5) is 7.09. The van der Waals surface area contributed by atoms with E-state index in [9.17, 15) is 0 Å². The number of nitrogens with one attached hydrogen (secondary N) is 2. The van der Waals surface area contributed by atoms with E-state index in [-0.39, 0.29) is 5.54 Å². The van der Waals surface area contributed by atoms with Crippen LogP contribution in [0.3, 0.4) is 0 Å². The summed E-state index contributed by atoms with van der Waals surface area (Å²) in [5.74, 6) is 0.907. The summed E-state index contributed by atoms with van der Waals surface area (Å²) in [6.07, 6.45) is 11.6. The van der Waals surface area contributed by atoms with E-state index in [1.165, 1.54) is 37.7 Å². The summed E-state index contributed by atoms with van der Waals surface area (Å²) in [5, 5.41) is 11.4. The SMILES string of the molecule is CN=C(NCCCn1cc(C)cn1)NCC1(N2CCOCC2)CCCCC1. The van der Waals surface area contributed by atoms with Crippen LogP contribution in [0.5, 0.6) is 0 Å². The molecule has 7 nitrogen and oxygen atoms in total. The molecule has 0 atom stereocenters. The van der Waals surface area contributed by atoms with Crippen LogP contribution in [0.25, 0.3) is 0 Å². The number of aryl methyl sites for hydroxylation is 2. The lowest BCUT2D eigenvalue weighted by Gasteiger charge is -2.48. The maximum absolute atomic E-state index is 5.58. The van der Waals surface area contributed by atoms with Gasteiger partial charge in [0.05, 0.1) is 19.4 Å². The van der Waals surface area contributed by atoms with Gasteiger partial charge in [-0.15, -0.1) is 0 Å². The molecule has 1 aliphatic heterocycles. The number of hydrogen-bond donors (Lipinski definition) is 2. The zero-order valence-electron chi connectivity index (χ0n) is 17.0. The Morgan fingerprint density at radius 1 is 1.22 bits per heavy atom. The molecule has 2 N–H and O–H groups in total. The highest BCUT2D eigenvalue weighted by Gasteiger charge is 2.38. The van der Waals surface area contributed by atoms with Crippen LogP contribution in [0.4, 0.5) is 0 Å². The molecular weight excluding hydrogens is 340 g/mol. The highest BCUT2D eigenvalue weighted by molar-refractivity contribution is 5.79. The Morgan fingerprint density at radius 2 is 2.00 bits per heavy atom. The van der Waals surface area contributed by atoms with Crippen LogP contribution in [-0.2, 0) is 11.3 Å². The molecule has 2 fully saturated rings. The van der Waals surface area contributed by atoms with E-state index in [2.05, 4.69) is 38.7 Å². The lowest BCUT2D eigenvalue weighted by atomic mass is 9.80. The molecule has 0 radical (unpaired) electrons. The number of morpholine rings is 1. The first-order chi connectivity index (χ1) is 13.2. The lowest BCUT2D eigenvalue weighted by molar-refractivity contribution is -0.0352. The normalized spacial score (nSPS) is 21.2. The van der Waals surface area contributed by atoms with Crippen LogP contribution in [0.15, 0.2) is 17.4 Å². The van der Waals surface area contributed by atoms with Crippen LogP contribution in [0.1, 0.15) is 44.1 Å².